The Bertz CT molecular complexity index is 592. The fraction of sp³-hybridized carbons (Fsp3) is 0.625. The van der Waals surface area contributed by atoms with E-state index in [-0.39, 0.29) is 11.5 Å². The number of nitrogens with one attached hydrogen (secondary N) is 1. The zero-order chi connectivity index (χ0) is 15.6. The zero-order valence-corrected chi connectivity index (χ0v) is 14.7. The molecule has 0 aliphatic carbocycles. The molecule has 21 heavy (non-hydrogen) atoms. The molecule has 116 valence electrons. The standard InChI is InChI=1S/C16H26N4S/c1-7-8-17-14(12-9-18-20(6)11(12)2)15-19-13(10-21-15)16(3,4)5/h9-10,14,17H,7-8H2,1-6H3. The molecule has 2 aromatic rings. The van der Waals surface area contributed by atoms with Gasteiger partial charge >= 0.3 is 0 Å². The third-order valence-corrected chi connectivity index (χ3v) is 4.63. The van der Waals surface area contributed by atoms with Crippen molar-refractivity contribution in [3.05, 3.63) is 33.5 Å². The van der Waals surface area contributed by atoms with Gasteiger partial charge in [0.15, 0.2) is 0 Å². The lowest BCUT2D eigenvalue weighted by Crippen LogP contribution is -2.24. The van der Waals surface area contributed by atoms with Gasteiger partial charge in [-0.3, -0.25) is 4.68 Å². The van der Waals surface area contributed by atoms with E-state index < -0.39 is 0 Å². The van der Waals surface area contributed by atoms with Crippen molar-refractivity contribution in [2.24, 2.45) is 7.05 Å². The fourth-order valence-electron chi connectivity index (χ4n) is 2.18. The zero-order valence-electron chi connectivity index (χ0n) is 13.9. The molecule has 4 nitrogen and oxygen atoms in total. The summed E-state index contributed by atoms with van der Waals surface area (Å²) in [5.41, 5.74) is 3.66. The summed E-state index contributed by atoms with van der Waals surface area (Å²) in [5, 5.41) is 11.3. The summed E-state index contributed by atoms with van der Waals surface area (Å²) in [5.74, 6) is 0. The van der Waals surface area contributed by atoms with Gasteiger partial charge in [-0.05, 0) is 19.9 Å². The molecule has 2 heterocycles. The minimum absolute atomic E-state index is 0.0913. The Morgan fingerprint density at radius 2 is 2.10 bits per heavy atom. The van der Waals surface area contributed by atoms with Gasteiger partial charge in [0.05, 0.1) is 17.9 Å². The Labute approximate surface area is 131 Å². The molecule has 0 aliphatic heterocycles. The first kappa shape index (κ1) is 16.2. The molecule has 2 rings (SSSR count). The maximum absolute atomic E-state index is 4.88. The first-order valence-electron chi connectivity index (χ1n) is 7.52. The summed E-state index contributed by atoms with van der Waals surface area (Å²) in [6, 6.07) is 0.139. The number of rotatable bonds is 5. The largest absolute Gasteiger partial charge is 0.304 e. The number of nitrogens with zero attached hydrogens (tertiary/aromatic N) is 3. The molecule has 0 saturated heterocycles. The van der Waals surface area contributed by atoms with E-state index in [0.717, 1.165) is 23.7 Å². The third kappa shape index (κ3) is 3.52. The van der Waals surface area contributed by atoms with Gasteiger partial charge in [-0.25, -0.2) is 4.98 Å². The Morgan fingerprint density at radius 3 is 2.57 bits per heavy atom. The van der Waals surface area contributed by atoms with Crippen LogP contribution in [0.4, 0.5) is 0 Å². The van der Waals surface area contributed by atoms with E-state index in [9.17, 15) is 0 Å². The average Bonchev–Trinajstić information content (AvgIpc) is 3.01. The lowest BCUT2D eigenvalue weighted by atomic mass is 9.93. The topological polar surface area (TPSA) is 42.7 Å². The second kappa shape index (κ2) is 6.28. The van der Waals surface area contributed by atoms with Gasteiger partial charge < -0.3 is 5.32 Å². The molecular weight excluding hydrogens is 280 g/mol. The van der Waals surface area contributed by atoms with Crippen molar-refractivity contribution in [3.8, 4) is 0 Å². The summed E-state index contributed by atoms with van der Waals surface area (Å²) < 4.78 is 1.92. The first-order chi connectivity index (χ1) is 9.84. The fourth-order valence-corrected chi connectivity index (χ4v) is 3.32. The van der Waals surface area contributed by atoms with Crippen LogP contribution < -0.4 is 5.32 Å². The summed E-state index contributed by atoms with van der Waals surface area (Å²) in [6.45, 7) is 11.9. The molecule has 5 heteroatoms. The molecule has 0 aromatic carbocycles. The van der Waals surface area contributed by atoms with Gasteiger partial charge in [0.25, 0.3) is 0 Å². The molecule has 0 bridgehead atoms. The van der Waals surface area contributed by atoms with Crippen LogP contribution in [0.1, 0.15) is 62.1 Å². The number of thiazole rings is 1. The Kier molecular flexibility index (Phi) is 4.84. The molecule has 0 fully saturated rings. The van der Waals surface area contributed by atoms with Crippen LogP contribution in [0.25, 0.3) is 0 Å². The van der Waals surface area contributed by atoms with E-state index in [0.29, 0.717) is 0 Å². The molecule has 1 atom stereocenters. The summed E-state index contributed by atoms with van der Waals surface area (Å²) in [4.78, 5) is 4.88. The molecule has 0 spiro atoms. The van der Waals surface area contributed by atoms with Crippen LogP contribution in [0.5, 0.6) is 0 Å². The summed E-state index contributed by atoms with van der Waals surface area (Å²) in [6.07, 6.45) is 3.06. The van der Waals surface area contributed by atoms with E-state index in [1.54, 1.807) is 11.3 Å². The highest BCUT2D eigenvalue weighted by Crippen LogP contribution is 2.31. The molecule has 0 aliphatic rings. The monoisotopic (exact) mass is 306 g/mol. The van der Waals surface area contributed by atoms with Gasteiger partial charge in [-0.2, -0.15) is 5.10 Å². The highest BCUT2D eigenvalue weighted by Gasteiger charge is 2.24. The maximum Gasteiger partial charge on any atom is 0.115 e. The highest BCUT2D eigenvalue weighted by atomic mass is 32.1. The van der Waals surface area contributed by atoms with E-state index in [1.807, 2.05) is 17.9 Å². The van der Waals surface area contributed by atoms with E-state index in [2.05, 4.69) is 50.4 Å². The van der Waals surface area contributed by atoms with Crippen molar-refractivity contribution in [2.45, 2.75) is 52.5 Å². The molecule has 0 amide bonds. The minimum Gasteiger partial charge on any atom is -0.304 e. The summed E-state index contributed by atoms with van der Waals surface area (Å²) >= 11 is 1.74. The van der Waals surface area contributed by atoms with Crippen LogP contribution in [0.15, 0.2) is 11.6 Å². The number of hydrogen-bond acceptors (Lipinski definition) is 4. The molecule has 0 radical (unpaired) electrons. The third-order valence-electron chi connectivity index (χ3n) is 3.72. The highest BCUT2D eigenvalue weighted by molar-refractivity contribution is 7.09. The van der Waals surface area contributed by atoms with Gasteiger partial charge in [0.1, 0.15) is 5.01 Å². The lowest BCUT2D eigenvalue weighted by Gasteiger charge is -2.17. The smallest absolute Gasteiger partial charge is 0.115 e. The van der Waals surface area contributed by atoms with Crippen molar-refractivity contribution >= 4 is 11.3 Å². The number of aromatic nitrogens is 3. The van der Waals surface area contributed by atoms with E-state index in [4.69, 9.17) is 4.98 Å². The van der Waals surface area contributed by atoms with Gasteiger partial charge in [0, 0.05) is 29.1 Å². The van der Waals surface area contributed by atoms with Crippen molar-refractivity contribution < 1.29 is 0 Å². The Balaban J connectivity index is 2.36. The SMILES string of the molecule is CCCNC(c1nc(C(C)(C)C)cs1)c1cnn(C)c1C. The second-order valence-electron chi connectivity index (χ2n) is 6.52. The molecule has 1 unspecified atom stereocenters. The van der Waals surface area contributed by atoms with Gasteiger partial charge in [0.2, 0.25) is 0 Å². The van der Waals surface area contributed by atoms with Crippen LogP contribution >= 0.6 is 11.3 Å². The van der Waals surface area contributed by atoms with E-state index >= 15 is 0 Å². The van der Waals surface area contributed by atoms with Crippen molar-refractivity contribution in [2.75, 3.05) is 6.54 Å². The van der Waals surface area contributed by atoms with Crippen LogP contribution in [-0.4, -0.2) is 21.3 Å². The number of aryl methyl sites for hydroxylation is 1. The normalized spacial score (nSPS) is 13.6. The predicted octanol–water partition coefficient (Wildman–Crippen LogP) is 3.57. The average molecular weight is 306 g/mol. The minimum atomic E-state index is 0.0913. The van der Waals surface area contributed by atoms with Crippen molar-refractivity contribution in [1.82, 2.24) is 20.1 Å². The first-order valence-corrected chi connectivity index (χ1v) is 8.40. The van der Waals surface area contributed by atoms with Crippen LogP contribution in [-0.2, 0) is 12.5 Å². The van der Waals surface area contributed by atoms with Crippen LogP contribution in [0.3, 0.4) is 0 Å². The molecule has 2 aromatic heterocycles. The Morgan fingerprint density at radius 1 is 1.38 bits per heavy atom. The van der Waals surface area contributed by atoms with Gasteiger partial charge in [-0.15, -0.1) is 11.3 Å². The molecule has 1 N–H and O–H groups in total. The van der Waals surface area contributed by atoms with Crippen molar-refractivity contribution in [3.63, 3.8) is 0 Å². The molecular formula is C16H26N4S. The van der Waals surface area contributed by atoms with Gasteiger partial charge in [-0.1, -0.05) is 27.7 Å². The van der Waals surface area contributed by atoms with Crippen molar-refractivity contribution in [1.29, 1.82) is 0 Å². The van der Waals surface area contributed by atoms with E-state index in [1.165, 1.54) is 11.3 Å². The second-order valence-corrected chi connectivity index (χ2v) is 7.41. The Hall–Kier alpha value is -1.20. The quantitative estimate of drug-likeness (QED) is 0.918. The van der Waals surface area contributed by atoms with Crippen LogP contribution in [0, 0.1) is 6.92 Å². The maximum atomic E-state index is 4.88. The lowest BCUT2D eigenvalue weighted by molar-refractivity contribution is 0.556. The summed E-state index contributed by atoms with van der Waals surface area (Å²) in [7, 11) is 1.98. The number of hydrogen-bond donors (Lipinski definition) is 1. The molecule has 0 saturated carbocycles. The van der Waals surface area contributed by atoms with Crippen LogP contribution in [0.2, 0.25) is 0 Å². The predicted molar refractivity (Wildman–Crippen MR) is 88.9 cm³/mol.